The van der Waals surface area contributed by atoms with Gasteiger partial charge in [-0.25, -0.2) is 4.79 Å². The standard InChI is InChI=1S/C29H40N2O4/c1-20(2)24-10-6-21(3)29(4,25(24)11-12-27(32)31-16-14-30(5)15-17-31)19-34-23-9-7-22-8-13-28(33)35-26(22)18-23/h7-9,13,18,21,25H,6,10-12,14-17,19H2,1-5H3/t21-,25-,29-/m0/s1. The number of fused-ring (bicyclic) bond motifs is 1. The predicted molar refractivity (Wildman–Crippen MR) is 140 cm³/mol. The average Bonchev–Trinajstić information content (AvgIpc) is 2.83. The highest BCUT2D eigenvalue weighted by atomic mass is 16.5. The number of likely N-dealkylation sites (N-methyl/N-ethyl adjacent to an activating group) is 1. The number of benzene rings is 1. The smallest absolute Gasteiger partial charge is 0.336 e. The van der Waals surface area contributed by atoms with Gasteiger partial charge in [0.15, 0.2) is 0 Å². The monoisotopic (exact) mass is 480 g/mol. The Balaban J connectivity index is 1.51. The summed E-state index contributed by atoms with van der Waals surface area (Å²) in [4.78, 5) is 29.0. The number of piperazine rings is 1. The maximum Gasteiger partial charge on any atom is 0.336 e. The van der Waals surface area contributed by atoms with E-state index in [1.54, 1.807) is 12.1 Å². The lowest BCUT2D eigenvalue weighted by Crippen LogP contribution is -2.48. The molecule has 0 unspecified atom stereocenters. The minimum Gasteiger partial charge on any atom is -0.493 e. The third-order valence-electron chi connectivity index (χ3n) is 8.48. The Morgan fingerprint density at radius 1 is 1.14 bits per heavy atom. The van der Waals surface area contributed by atoms with Crippen LogP contribution in [0.25, 0.3) is 11.0 Å². The van der Waals surface area contributed by atoms with Gasteiger partial charge in [-0.2, -0.15) is 0 Å². The number of hydrogen-bond acceptors (Lipinski definition) is 5. The van der Waals surface area contributed by atoms with E-state index in [1.165, 1.54) is 17.2 Å². The van der Waals surface area contributed by atoms with Crippen LogP contribution in [0.4, 0.5) is 0 Å². The number of allylic oxidation sites excluding steroid dienone is 2. The minimum atomic E-state index is -0.360. The summed E-state index contributed by atoms with van der Waals surface area (Å²) in [7, 11) is 2.11. The maximum absolute atomic E-state index is 13.1. The number of ether oxygens (including phenoxy) is 1. The van der Waals surface area contributed by atoms with E-state index in [2.05, 4.69) is 39.6 Å². The SMILES string of the molecule is CC(C)=C1CC[C@H](C)[C@](C)(COc2ccc3ccc(=O)oc3c2)[C@H]1CCC(=O)N1CCN(C)CC1. The van der Waals surface area contributed by atoms with Gasteiger partial charge in [-0.15, -0.1) is 0 Å². The van der Waals surface area contributed by atoms with E-state index in [0.29, 0.717) is 36.2 Å². The lowest BCUT2D eigenvalue weighted by atomic mass is 9.58. The van der Waals surface area contributed by atoms with Gasteiger partial charge < -0.3 is 19.0 Å². The third-order valence-corrected chi connectivity index (χ3v) is 8.48. The van der Waals surface area contributed by atoms with Gasteiger partial charge in [-0.3, -0.25) is 4.79 Å². The van der Waals surface area contributed by atoms with E-state index < -0.39 is 0 Å². The Hall–Kier alpha value is -2.60. The molecule has 1 aliphatic carbocycles. The van der Waals surface area contributed by atoms with Crippen LogP contribution in [-0.2, 0) is 4.79 Å². The van der Waals surface area contributed by atoms with Gasteiger partial charge in [0.2, 0.25) is 5.91 Å². The molecule has 2 fully saturated rings. The molecule has 6 nitrogen and oxygen atoms in total. The topological polar surface area (TPSA) is 63.0 Å². The molecule has 35 heavy (non-hydrogen) atoms. The zero-order valence-corrected chi connectivity index (χ0v) is 21.9. The number of amides is 1. The fourth-order valence-electron chi connectivity index (χ4n) is 5.81. The largest absolute Gasteiger partial charge is 0.493 e. The molecule has 2 aromatic rings. The summed E-state index contributed by atoms with van der Waals surface area (Å²) in [5, 5.41) is 0.876. The summed E-state index contributed by atoms with van der Waals surface area (Å²) in [6.45, 7) is 13.1. The van der Waals surface area contributed by atoms with Crippen LogP contribution in [0.5, 0.6) is 5.75 Å². The van der Waals surface area contributed by atoms with E-state index in [-0.39, 0.29) is 16.9 Å². The summed E-state index contributed by atoms with van der Waals surface area (Å²) < 4.78 is 11.7. The lowest BCUT2D eigenvalue weighted by Gasteiger charge is -2.48. The third kappa shape index (κ3) is 5.64. The number of rotatable bonds is 6. The van der Waals surface area contributed by atoms with Crippen LogP contribution in [-0.4, -0.2) is 55.5 Å². The Kier molecular flexibility index (Phi) is 7.70. The molecule has 0 spiro atoms. The summed E-state index contributed by atoms with van der Waals surface area (Å²) in [5.74, 6) is 1.74. The lowest BCUT2D eigenvalue weighted by molar-refractivity contribution is -0.133. The Morgan fingerprint density at radius 2 is 1.86 bits per heavy atom. The van der Waals surface area contributed by atoms with Gasteiger partial charge in [0.1, 0.15) is 11.3 Å². The van der Waals surface area contributed by atoms with Gasteiger partial charge in [0.25, 0.3) is 0 Å². The van der Waals surface area contributed by atoms with Gasteiger partial charge in [0.05, 0.1) is 6.61 Å². The highest BCUT2D eigenvalue weighted by Gasteiger charge is 2.45. The molecule has 2 heterocycles. The number of nitrogens with zero attached hydrogens (tertiary/aromatic N) is 2. The van der Waals surface area contributed by atoms with Crippen molar-refractivity contribution in [3.05, 3.63) is 51.9 Å². The molecule has 6 heteroatoms. The highest BCUT2D eigenvalue weighted by Crippen LogP contribution is 2.51. The van der Waals surface area contributed by atoms with E-state index in [9.17, 15) is 9.59 Å². The van der Waals surface area contributed by atoms with Crippen LogP contribution in [0.3, 0.4) is 0 Å². The fourth-order valence-corrected chi connectivity index (χ4v) is 5.81. The molecule has 0 bridgehead atoms. The van der Waals surface area contributed by atoms with E-state index >= 15 is 0 Å². The van der Waals surface area contributed by atoms with Gasteiger partial charge in [-0.1, -0.05) is 25.0 Å². The van der Waals surface area contributed by atoms with Crippen molar-refractivity contribution >= 4 is 16.9 Å². The van der Waals surface area contributed by atoms with Crippen molar-refractivity contribution in [2.45, 2.75) is 53.4 Å². The maximum atomic E-state index is 13.1. The summed E-state index contributed by atoms with van der Waals surface area (Å²) >= 11 is 0. The first-order valence-corrected chi connectivity index (χ1v) is 13.0. The molecule has 190 valence electrons. The van der Waals surface area contributed by atoms with Crippen LogP contribution in [0, 0.1) is 17.3 Å². The van der Waals surface area contributed by atoms with Crippen LogP contribution >= 0.6 is 0 Å². The molecular weight excluding hydrogens is 440 g/mol. The van der Waals surface area contributed by atoms with Crippen LogP contribution in [0.1, 0.15) is 53.4 Å². The van der Waals surface area contributed by atoms with Gasteiger partial charge >= 0.3 is 5.63 Å². The normalized spacial score (nSPS) is 25.6. The Labute approximate surface area is 208 Å². The summed E-state index contributed by atoms with van der Waals surface area (Å²) in [6, 6.07) is 8.87. The second-order valence-corrected chi connectivity index (χ2v) is 11.0. The number of carbonyl (C=O) groups is 1. The molecule has 0 N–H and O–H groups in total. The Bertz CT molecular complexity index is 1140. The van der Waals surface area contributed by atoms with Crippen LogP contribution in [0.2, 0.25) is 0 Å². The summed E-state index contributed by atoms with van der Waals surface area (Å²) in [6.07, 6.45) is 3.64. The van der Waals surface area contributed by atoms with E-state index in [0.717, 1.165) is 50.8 Å². The van der Waals surface area contributed by atoms with Crippen molar-refractivity contribution in [2.24, 2.45) is 17.3 Å². The average molecular weight is 481 g/mol. The molecule has 1 aromatic heterocycles. The number of hydrogen-bond donors (Lipinski definition) is 0. The number of carbonyl (C=O) groups excluding carboxylic acids is 1. The van der Waals surface area contributed by atoms with Crippen molar-refractivity contribution in [3.8, 4) is 5.75 Å². The first-order chi connectivity index (χ1) is 16.7. The molecule has 1 aliphatic heterocycles. The van der Waals surface area contributed by atoms with Crippen LogP contribution in [0.15, 0.2) is 50.7 Å². The zero-order chi connectivity index (χ0) is 25.2. The van der Waals surface area contributed by atoms with Crippen LogP contribution < -0.4 is 10.4 Å². The first-order valence-electron chi connectivity index (χ1n) is 13.0. The van der Waals surface area contributed by atoms with E-state index in [4.69, 9.17) is 9.15 Å². The second-order valence-electron chi connectivity index (χ2n) is 11.0. The van der Waals surface area contributed by atoms with Crippen molar-refractivity contribution < 1.29 is 13.9 Å². The molecule has 0 radical (unpaired) electrons. The molecule has 1 saturated heterocycles. The first kappa shape index (κ1) is 25.5. The van der Waals surface area contributed by atoms with Crippen molar-refractivity contribution in [2.75, 3.05) is 39.8 Å². The van der Waals surface area contributed by atoms with Crippen molar-refractivity contribution in [1.82, 2.24) is 9.80 Å². The molecule has 1 aromatic carbocycles. The quantitative estimate of drug-likeness (QED) is 0.424. The zero-order valence-electron chi connectivity index (χ0n) is 21.9. The highest BCUT2D eigenvalue weighted by molar-refractivity contribution is 5.77. The van der Waals surface area contributed by atoms with Gasteiger partial charge in [0, 0.05) is 55.5 Å². The van der Waals surface area contributed by atoms with Crippen molar-refractivity contribution in [1.29, 1.82) is 0 Å². The molecule has 4 rings (SSSR count). The molecule has 2 aliphatic rings. The Morgan fingerprint density at radius 3 is 2.57 bits per heavy atom. The summed E-state index contributed by atoms with van der Waals surface area (Å²) in [5.41, 5.74) is 2.94. The predicted octanol–water partition coefficient (Wildman–Crippen LogP) is 5.11. The minimum absolute atomic E-state index is 0.0975. The molecule has 1 amide bonds. The van der Waals surface area contributed by atoms with Gasteiger partial charge in [-0.05, 0) is 70.2 Å². The van der Waals surface area contributed by atoms with Crippen molar-refractivity contribution in [3.63, 3.8) is 0 Å². The molecule has 3 atom stereocenters. The van der Waals surface area contributed by atoms with E-state index in [1.807, 2.05) is 17.0 Å². The molecule has 1 saturated carbocycles. The molecular formula is C29H40N2O4. The fraction of sp³-hybridized carbons (Fsp3) is 0.586. The second kappa shape index (κ2) is 10.6.